The van der Waals surface area contributed by atoms with Gasteiger partial charge in [0.2, 0.25) is 0 Å². The van der Waals surface area contributed by atoms with Gasteiger partial charge in [-0.1, -0.05) is 40.2 Å². The minimum atomic E-state index is 0.145. The van der Waals surface area contributed by atoms with E-state index in [-0.39, 0.29) is 5.78 Å². The maximum atomic E-state index is 12.5. The molecule has 0 saturated heterocycles. The van der Waals surface area contributed by atoms with E-state index in [1.165, 1.54) is 11.1 Å². The van der Waals surface area contributed by atoms with Gasteiger partial charge in [0.1, 0.15) is 0 Å². The van der Waals surface area contributed by atoms with Crippen molar-refractivity contribution in [3.63, 3.8) is 0 Å². The second-order valence-electron chi connectivity index (χ2n) is 5.41. The van der Waals surface area contributed by atoms with Gasteiger partial charge in [-0.3, -0.25) is 4.79 Å². The molecule has 2 nitrogen and oxygen atoms in total. The normalized spacial score (nSPS) is 11.0. The lowest BCUT2D eigenvalue weighted by Gasteiger charge is -2.04. The summed E-state index contributed by atoms with van der Waals surface area (Å²) in [5.74, 6) is 0.145. The van der Waals surface area contributed by atoms with Crippen molar-refractivity contribution in [1.29, 1.82) is 0 Å². The molecule has 0 amide bonds. The van der Waals surface area contributed by atoms with Gasteiger partial charge < -0.3 is 4.98 Å². The Kier molecular flexibility index (Phi) is 3.68. The Morgan fingerprint density at radius 1 is 1.10 bits per heavy atom. The number of aromatic nitrogens is 1. The standard InChI is InChI=1S/C18H16BrNO/c1-11-3-4-13(7-12(11)2)8-18(21)16-10-20-17-9-14(19)5-6-15(16)17/h3-7,9-10,20H,8H2,1-2H3. The van der Waals surface area contributed by atoms with Crippen LogP contribution in [-0.4, -0.2) is 10.8 Å². The fourth-order valence-electron chi connectivity index (χ4n) is 2.52. The first-order valence-electron chi connectivity index (χ1n) is 6.90. The third-order valence-corrected chi connectivity index (χ3v) is 4.37. The van der Waals surface area contributed by atoms with E-state index in [4.69, 9.17) is 0 Å². The van der Waals surface area contributed by atoms with Gasteiger partial charge in [0.15, 0.2) is 5.78 Å². The topological polar surface area (TPSA) is 32.9 Å². The Morgan fingerprint density at radius 3 is 2.67 bits per heavy atom. The lowest BCUT2D eigenvalue weighted by atomic mass is 9.99. The first kappa shape index (κ1) is 14.1. The van der Waals surface area contributed by atoms with E-state index in [0.717, 1.165) is 26.5 Å². The first-order chi connectivity index (χ1) is 10.0. The highest BCUT2D eigenvalue weighted by Crippen LogP contribution is 2.23. The second-order valence-corrected chi connectivity index (χ2v) is 6.33. The van der Waals surface area contributed by atoms with Crippen LogP contribution in [0.2, 0.25) is 0 Å². The summed E-state index contributed by atoms with van der Waals surface area (Å²) in [6.45, 7) is 4.16. The largest absolute Gasteiger partial charge is 0.360 e. The maximum Gasteiger partial charge on any atom is 0.169 e. The van der Waals surface area contributed by atoms with Crippen LogP contribution in [0.25, 0.3) is 10.9 Å². The number of fused-ring (bicyclic) bond motifs is 1. The molecule has 1 N–H and O–H groups in total. The Labute approximate surface area is 132 Å². The zero-order valence-electron chi connectivity index (χ0n) is 12.0. The Morgan fingerprint density at radius 2 is 1.90 bits per heavy atom. The number of hydrogen-bond acceptors (Lipinski definition) is 1. The highest BCUT2D eigenvalue weighted by atomic mass is 79.9. The zero-order valence-corrected chi connectivity index (χ0v) is 13.6. The van der Waals surface area contributed by atoms with Crippen molar-refractivity contribution < 1.29 is 4.79 Å². The van der Waals surface area contributed by atoms with Crippen molar-refractivity contribution >= 4 is 32.6 Å². The number of carbonyl (C=O) groups excluding carboxylic acids is 1. The van der Waals surface area contributed by atoms with Crippen molar-refractivity contribution in [2.45, 2.75) is 20.3 Å². The third-order valence-electron chi connectivity index (χ3n) is 3.88. The quantitative estimate of drug-likeness (QED) is 0.670. The van der Waals surface area contributed by atoms with Gasteiger partial charge in [0, 0.05) is 33.6 Å². The fourth-order valence-corrected chi connectivity index (χ4v) is 2.88. The molecule has 3 rings (SSSR count). The number of Topliss-reactive ketones (excluding diaryl/α,β-unsaturated/α-hetero) is 1. The molecule has 1 heterocycles. The second kappa shape index (κ2) is 5.49. The molecule has 0 spiro atoms. The number of hydrogen-bond donors (Lipinski definition) is 1. The predicted octanol–water partition coefficient (Wildman–Crippen LogP) is 4.97. The molecular weight excluding hydrogens is 326 g/mol. The van der Waals surface area contributed by atoms with Crippen molar-refractivity contribution in [2.24, 2.45) is 0 Å². The predicted molar refractivity (Wildman–Crippen MR) is 89.9 cm³/mol. The molecular formula is C18H16BrNO. The summed E-state index contributed by atoms with van der Waals surface area (Å²) in [6.07, 6.45) is 2.24. The van der Waals surface area contributed by atoms with Crippen LogP contribution in [0, 0.1) is 13.8 Å². The number of carbonyl (C=O) groups is 1. The summed E-state index contributed by atoms with van der Waals surface area (Å²) in [7, 11) is 0. The van der Waals surface area contributed by atoms with Crippen molar-refractivity contribution in [3.05, 3.63) is 69.3 Å². The molecule has 3 heteroatoms. The van der Waals surface area contributed by atoms with E-state index in [1.54, 1.807) is 6.20 Å². The summed E-state index contributed by atoms with van der Waals surface area (Å²) in [5.41, 5.74) is 5.28. The molecule has 0 aliphatic heterocycles. The van der Waals surface area contributed by atoms with E-state index in [0.29, 0.717) is 6.42 Å². The molecule has 0 unspecified atom stereocenters. The summed E-state index contributed by atoms with van der Waals surface area (Å²) in [6, 6.07) is 12.1. The summed E-state index contributed by atoms with van der Waals surface area (Å²) >= 11 is 3.44. The smallest absolute Gasteiger partial charge is 0.169 e. The van der Waals surface area contributed by atoms with Crippen molar-refractivity contribution in [1.82, 2.24) is 4.98 Å². The van der Waals surface area contributed by atoms with E-state index in [1.807, 2.05) is 24.3 Å². The molecule has 1 aromatic heterocycles. The number of ketones is 1. The lowest BCUT2D eigenvalue weighted by Crippen LogP contribution is -2.03. The molecule has 0 fully saturated rings. The highest BCUT2D eigenvalue weighted by molar-refractivity contribution is 9.10. The number of aromatic amines is 1. The van der Waals surface area contributed by atoms with Gasteiger partial charge in [-0.15, -0.1) is 0 Å². The minimum Gasteiger partial charge on any atom is -0.360 e. The molecule has 0 bridgehead atoms. The molecule has 21 heavy (non-hydrogen) atoms. The van der Waals surface area contributed by atoms with Crippen LogP contribution in [-0.2, 0) is 6.42 Å². The molecule has 0 aliphatic rings. The third kappa shape index (κ3) is 2.79. The van der Waals surface area contributed by atoms with Crippen molar-refractivity contribution in [2.75, 3.05) is 0 Å². The Hall–Kier alpha value is -1.87. The lowest BCUT2D eigenvalue weighted by molar-refractivity contribution is 0.0994. The molecule has 106 valence electrons. The number of H-pyrrole nitrogens is 1. The zero-order chi connectivity index (χ0) is 15.0. The average Bonchev–Trinajstić information content (AvgIpc) is 2.85. The van der Waals surface area contributed by atoms with Crippen LogP contribution in [0.1, 0.15) is 27.0 Å². The summed E-state index contributed by atoms with van der Waals surface area (Å²) < 4.78 is 1.00. The molecule has 0 aliphatic carbocycles. The minimum absolute atomic E-state index is 0.145. The van der Waals surface area contributed by atoms with Crippen LogP contribution in [0.4, 0.5) is 0 Å². The van der Waals surface area contributed by atoms with Gasteiger partial charge in [-0.05, 0) is 42.7 Å². The molecule has 0 atom stereocenters. The van der Waals surface area contributed by atoms with E-state index < -0.39 is 0 Å². The van der Waals surface area contributed by atoms with Gasteiger partial charge in [0.25, 0.3) is 0 Å². The number of nitrogens with one attached hydrogen (secondary N) is 1. The Balaban J connectivity index is 1.91. The molecule has 3 aromatic rings. The number of halogens is 1. The van der Waals surface area contributed by atoms with Crippen molar-refractivity contribution in [3.8, 4) is 0 Å². The van der Waals surface area contributed by atoms with Crippen LogP contribution in [0.3, 0.4) is 0 Å². The van der Waals surface area contributed by atoms with Gasteiger partial charge >= 0.3 is 0 Å². The Bertz CT molecular complexity index is 832. The SMILES string of the molecule is Cc1ccc(CC(=O)c2c[nH]c3cc(Br)ccc23)cc1C. The van der Waals surface area contributed by atoms with Gasteiger partial charge in [-0.25, -0.2) is 0 Å². The number of aryl methyl sites for hydroxylation is 2. The molecule has 2 aromatic carbocycles. The van der Waals surface area contributed by atoms with Gasteiger partial charge in [-0.2, -0.15) is 0 Å². The van der Waals surface area contributed by atoms with E-state index in [2.05, 4.69) is 46.9 Å². The van der Waals surface area contributed by atoms with Crippen LogP contribution < -0.4 is 0 Å². The average molecular weight is 342 g/mol. The monoisotopic (exact) mass is 341 g/mol. The van der Waals surface area contributed by atoms with Crippen LogP contribution in [0.15, 0.2) is 47.1 Å². The first-order valence-corrected chi connectivity index (χ1v) is 7.70. The van der Waals surface area contributed by atoms with E-state index >= 15 is 0 Å². The summed E-state index contributed by atoms with van der Waals surface area (Å²) in [5, 5.41) is 0.979. The van der Waals surface area contributed by atoms with Crippen LogP contribution in [0.5, 0.6) is 0 Å². The van der Waals surface area contributed by atoms with Crippen LogP contribution >= 0.6 is 15.9 Å². The molecule has 0 saturated carbocycles. The van der Waals surface area contributed by atoms with Gasteiger partial charge in [0.05, 0.1) is 0 Å². The van der Waals surface area contributed by atoms with E-state index in [9.17, 15) is 4.79 Å². The maximum absolute atomic E-state index is 12.5. The molecule has 0 radical (unpaired) electrons. The number of rotatable bonds is 3. The fraction of sp³-hybridized carbons (Fsp3) is 0.167. The highest BCUT2D eigenvalue weighted by Gasteiger charge is 2.13. The number of benzene rings is 2. The summed E-state index contributed by atoms with van der Waals surface area (Å²) in [4.78, 5) is 15.7.